The standard InChI is InChI=1S/C18H23NO/c20-14-19-18(12-5-13-18)17-10-8-16(9-11-17)15-6-3-1-2-4-7-15/h8-11,15H,1-7,12-13H2. The van der Waals surface area contributed by atoms with Crippen LogP contribution in [0.3, 0.4) is 0 Å². The van der Waals surface area contributed by atoms with E-state index in [9.17, 15) is 4.79 Å². The molecule has 2 fully saturated rings. The second-order valence-corrected chi connectivity index (χ2v) is 6.40. The summed E-state index contributed by atoms with van der Waals surface area (Å²) in [6.07, 6.45) is 13.1. The number of isocyanates is 1. The predicted octanol–water partition coefficient (Wildman–Crippen LogP) is 4.84. The van der Waals surface area contributed by atoms with Gasteiger partial charge in [0.15, 0.2) is 0 Å². The maximum atomic E-state index is 10.6. The zero-order valence-corrected chi connectivity index (χ0v) is 12.1. The minimum absolute atomic E-state index is 0.246. The van der Waals surface area contributed by atoms with E-state index in [1.807, 2.05) is 0 Å². The number of benzene rings is 1. The molecule has 1 aromatic carbocycles. The Morgan fingerprint density at radius 3 is 2.10 bits per heavy atom. The van der Waals surface area contributed by atoms with Crippen molar-refractivity contribution in [3.63, 3.8) is 0 Å². The van der Waals surface area contributed by atoms with E-state index in [0.29, 0.717) is 0 Å². The highest BCUT2D eigenvalue weighted by Gasteiger charge is 2.38. The number of hydrogen-bond acceptors (Lipinski definition) is 2. The smallest absolute Gasteiger partial charge is 0.211 e. The van der Waals surface area contributed by atoms with Crippen molar-refractivity contribution in [2.24, 2.45) is 4.99 Å². The molecule has 0 atom stereocenters. The van der Waals surface area contributed by atoms with Gasteiger partial charge in [0.05, 0.1) is 5.54 Å². The molecule has 2 aliphatic rings. The van der Waals surface area contributed by atoms with Gasteiger partial charge in [0, 0.05) is 0 Å². The van der Waals surface area contributed by atoms with Crippen LogP contribution in [0.2, 0.25) is 0 Å². The second-order valence-electron chi connectivity index (χ2n) is 6.40. The summed E-state index contributed by atoms with van der Waals surface area (Å²) in [5.74, 6) is 0.735. The Morgan fingerprint density at radius 2 is 1.60 bits per heavy atom. The Balaban J connectivity index is 1.78. The Labute approximate surface area is 121 Å². The highest BCUT2D eigenvalue weighted by molar-refractivity contribution is 5.40. The number of nitrogens with zero attached hydrogens (tertiary/aromatic N) is 1. The van der Waals surface area contributed by atoms with Gasteiger partial charge >= 0.3 is 0 Å². The van der Waals surface area contributed by atoms with Crippen LogP contribution in [0.15, 0.2) is 29.3 Å². The van der Waals surface area contributed by atoms with Gasteiger partial charge in [-0.2, -0.15) is 4.99 Å². The van der Waals surface area contributed by atoms with Crippen molar-refractivity contribution < 1.29 is 4.79 Å². The fraction of sp³-hybridized carbons (Fsp3) is 0.611. The maximum Gasteiger partial charge on any atom is 0.235 e. The molecule has 0 unspecified atom stereocenters. The predicted molar refractivity (Wildman–Crippen MR) is 80.5 cm³/mol. The second kappa shape index (κ2) is 5.93. The molecule has 0 amide bonds. The largest absolute Gasteiger partial charge is 0.235 e. The third kappa shape index (κ3) is 2.58. The molecule has 0 bridgehead atoms. The summed E-state index contributed by atoms with van der Waals surface area (Å²) < 4.78 is 0. The molecule has 1 aromatic rings. The van der Waals surface area contributed by atoms with Gasteiger partial charge in [-0.15, -0.1) is 0 Å². The molecule has 0 radical (unpaired) electrons. The lowest BCUT2D eigenvalue weighted by Crippen LogP contribution is -2.31. The van der Waals surface area contributed by atoms with Gasteiger partial charge < -0.3 is 0 Å². The lowest BCUT2D eigenvalue weighted by molar-refractivity contribution is 0.256. The van der Waals surface area contributed by atoms with E-state index in [1.165, 1.54) is 49.7 Å². The molecule has 2 aliphatic carbocycles. The summed E-state index contributed by atoms with van der Waals surface area (Å²) in [6, 6.07) is 8.93. The first-order valence-electron chi connectivity index (χ1n) is 8.03. The molecule has 106 valence electrons. The Bertz CT molecular complexity index is 487. The zero-order valence-electron chi connectivity index (χ0n) is 12.1. The van der Waals surface area contributed by atoms with E-state index >= 15 is 0 Å². The topological polar surface area (TPSA) is 29.4 Å². The summed E-state index contributed by atoms with van der Waals surface area (Å²) in [5.41, 5.74) is 2.42. The van der Waals surface area contributed by atoms with Crippen molar-refractivity contribution >= 4 is 6.08 Å². The van der Waals surface area contributed by atoms with E-state index < -0.39 is 0 Å². The summed E-state index contributed by atoms with van der Waals surface area (Å²) in [5, 5.41) is 0. The monoisotopic (exact) mass is 269 g/mol. The van der Waals surface area contributed by atoms with Gasteiger partial charge in [0.25, 0.3) is 0 Å². The molecule has 0 aliphatic heterocycles. The zero-order chi connectivity index (χ0) is 13.8. The normalized spacial score (nSPS) is 22.4. The number of hydrogen-bond donors (Lipinski definition) is 0. The average Bonchev–Trinajstić information content (AvgIpc) is 2.72. The molecule has 2 nitrogen and oxygen atoms in total. The first-order valence-corrected chi connectivity index (χ1v) is 8.03. The Hall–Kier alpha value is -1.40. The lowest BCUT2D eigenvalue weighted by atomic mass is 9.72. The van der Waals surface area contributed by atoms with E-state index in [2.05, 4.69) is 29.3 Å². The first kappa shape index (κ1) is 13.6. The molecule has 2 heteroatoms. The summed E-state index contributed by atoms with van der Waals surface area (Å²) in [4.78, 5) is 14.7. The molecule has 0 aromatic heterocycles. The van der Waals surface area contributed by atoms with Crippen LogP contribution in [0.5, 0.6) is 0 Å². The number of rotatable bonds is 3. The van der Waals surface area contributed by atoms with Crippen LogP contribution < -0.4 is 0 Å². The minimum atomic E-state index is -0.246. The highest BCUT2D eigenvalue weighted by atomic mass is 16.1. The summed E-state index contributed by atoms with van der Waals surface area (Å²) in [6.45, 7) is 0. The fourth-order valence-electron chi connectivity index (χ4n) is 3.74. The van der Waals surface area contributed by atoms with E-state index in [4.69, 9.17) is 0 Å². The molecule has 3 rings (SSSR count). The van der Waals surface area contributed by atoms with Crippen molar-refractivity contribution in [2.75, 3.05) is 0 Å². The summed E-state index contributed by atoms with van der Waals surface area (Å²) in [7, 11) is 0. The molecule has 2 saturated carbocycles. The maximum absolute atomic E-state index is 10.6. The van der Waals surface area contributed by atoms with E-state index in [-0.39, 0.29) is 5.54 Å². The molecular formula is C18H23NO. The van der Waals surface area contributed by atoms with Crippen LogP contribution in [0.4, 0.5) is 0 Å². The van der Waals surface area contributed by atoms with Gasteiger partial charge in [-0.3, -0.25) is 0 Å². The minimum Gasteiger partial charge on any atom is -0.211 e. The van der Waals surface area contributed by atoms with Crippen molar-refractivity contribution in [1.82, 2.24) is 0 Å². The molecule has 0 N–H and O–H groups in total. The third-order valence-corrected chi connectivity index (χ3v) is 5.21. The molecule has 0 spiro atoms. The van der Waals surface area contributed by atoms with Gasteiger partial charge in [-0.25, -0.2) is 4.79 Å². The quantitative estimate of drug-likeness (QED) is 0.438. The van der Waals surface area contributed by atoms with Gasteiger partial charge in [-0.1, -0.05) is 49.9 Å². The lowest BCUT2D eigenvalue weighted by Gasteiger charge is -2.37. The first-order chi connectivity index (χ1) is 9.84. The summed E-state index contributed by atoms with van der Waals surface area (Å²) >= 11 is 0. The van der Waals surface area contributed by atoms with Crippen LogP contribution >= 0.6 is 0 Å². The van der Waals surface area contributed by atoms with Crippen molar-refractivity contribution in [3.8, 4) is 0 Å². The van der Waals surface area contributed by atoms with Crippen LogP contribution in [-0.2, 0) is 10.3 Å². The highest BCUT2D eigenvalue weighted by Crippen LogP contribution is 2.45. The third-order valence-electron chi connectivity index (χ3n) is 5.21. The van der Waals surface area contributed by atoms with Crippen LogP contribution in [0.25, 0.3) is 0 Å². The van der Waals surface area contributed by atoms with E-state index in [0.717, 1.165) is 25.2 Å². The van der Waals surface area contributed by atoms with Crippen molar-refractivity contribution in [2.45, 2.75) is 69.2 Å². The fourth-order valence-corrected chi connectivity index (χ4v) is 3.74. The van der Waals surface area contributed by atoms with Crippen molar-refractivity contribution in [3.05, 3.63) is 35.4 Å². The van der Waals surface area contributed by atoms with Crippen molar-refractivity contribution in [1.29, 1.82) is 0 Å². The van der Waals surface area contributed by atoms with Gasteiger partial charge in [-0.05, 0) is 49.1 Å². The number of aliphatic imine (C=N–C) groups is 1. The van der Waals surface area contributed by atoms with Crippen LogP contribution in [0, 0.1) is 0 Å². The molecular weight excluding hydrogens is 246 g/mol. The Morgan fingerprint density at radius 1 is 0.950 bits per heavy atom. The van der Waals surface area contributed by atoms with Crippen LogP contribution in [-0.4, -0.2) is 6.08 Å². The number of carbonyl (C=O) groups excluding carboxylic acids is 1. The van der Waals surface area contributed by atoms with Gasteiger partial charge in [0.2, 0.25) is 6.08 Å². The molecule has 20 heavy (non-hydrogen) atoms. The Kier molecular flexibility index (Phi) is 4.03. The van der Waals surface area contributed by atoms with Gasteiger partial charge in [0.1, 0.15) is 0 Å². The SMILES string of the molecule is O=C=NC1(c2ccc(C3CCCCCC3)cc2)CCC1. The van der Waals surface area contributed by atoms with E-state index in [1.54, 1.807) is 6.08 Å². The van der Waals surface area contributed by atoms with Crippen LogP contribution in [0.1, 0.15) is 74.8 Å². The average molecular weight is 269 g/mol. The molecule has 0 saturated heterocycles. The molecule has 0 heterocycles.